The zero-order chi connectivity index (χ0) is 9.35. The van der Waals surface area contributed by atoms with Crippen LogP contribution in [0, 0.1) is 5.82 Å². The van der Waals surface area contributed by atoms with E-state index in [9.17, 15) is 22.7 Å². The average molecular weight is 218 g/mol. The number of rotatable bonds is 0. The first-order valence-corrected chi connectivity index (χ1v) is 2.95. The summed E-state index contributed by atoms with van der Waals surface area (Å²) >= 11 is 0. The van der Waals surface area contributed by atoms with Gasteiger partial charge in [0.25, 0.3) is 0 Å². The van der Waals surface area contributed by atoms with Gasteiger partial charge in [-0.25, -0.2) is 4.39 Å². The molecule has 0 aliphatic carbocycles. The molecule has 0 bridgehead atoms. The molecule has 0 heterocycles. The Labute approximate surface area is 114 Å². The van der Waals surface area contributed by atoms with E-state index in [4.69, 9.17) is 0 Å². The molecule has 0 N–H and O–H groups in total. The van der Waals surface area contributed by atoms with Gasteiger partial charge in [0.15, 0.2) is 0 Å². The number of halogens is 4. The quantitative estimate of drug-likeness (QED) is 0.401. The van der Waals surface area contributed by atoms with E-state index in [-0.39, 0.29) is 57.5 Å². The van der Waals surface area contributed by atoms with Crippen LogP contribution in [-0.4, -0.2) is 0 Å². The van der Waals surface area contributed by atoms with Crippen LogP contribution in [0.25, 0.3) is 0 Å². The van der Waals surface area contributed by atoms with Gasteiger partial charge in [-0.1, -0.05) is 12.1 Å². The second-order valence-corrected chi connectivity index (χ2v) is 2.14. The summed E-state index contributed by atoms with van der Waals surface area (Å²) in [5.41, 5.74) is -1.52. The van der Waals surface area contributed by atoms with E-state index in [2.05, 4.69) is 0 Å². The molecule has 6 heteroatoms. The Bertz CT molecular complexity index is 297. The van der Waals surface area contributed by atoms with Gasteiger partial charge in [0, 0.05) is 0 Å². The van der Waals surface area contributed by atoms with Gasteiger partial charge in [0.2, 0.25) is 0 Å². The molecule has 1 aromatic rings. The van der Waals surface area contributed by atoms with Crippen LogP contribution in [0.5, 0.6) is 5.75 Å². The minimum atomic E-state index is -4.80. The molecule has 0 radical (unpaired) electrons. The molecule has 0 aliphatic heterocycles. The molecule has 0 amide bonds. The molecule has 0 fully saturated rings. The fraction of sp³-hybridized carbons (Fsp3) is 0.143. The summed E-state index contributed by atoms with van der Waals surface area (Å²) in [5.74, 6) is -2.29. The van der Waals surface area contributed by atoms with Crippen molar-refractivity contribution in [2.24, 2.45) is 0 Å². The monoisotopic (exact) mass is 218 g/mol. The second kappa shape index (κ2) is 4.74. The molecule has 0 spiro atoms. The first-order chi connectivity index (χ1) is 5.41. The topological polar surface area (TPSA) is 23.1 Å². The standard InChI is InChI=1S/C7H4F4O.K/c8-6-2-1-4(12)3-5(6)7(9,10)11;/h1-3,12H;/q;+1/p-1. The van der Waals surface area contributed by atoms with Crippen LogP contribution in [0.2, 0.25) is 0 Å². The van der Waals surface area contributed by atoms with E-state index in [1.807, 2.05) is 0 Å². The second-order valence-electron chi connectivity index (χ2n) is 2.14. The van der Waals surface area contributed by atoms with Crippen molar-refractivity contribution >= 4 is 0 Å². The van der Waals surface area contributed by atoms with E-state index >= 15 is 0 Å². The molecule has 0 saturated carbocycles. The zero-order valence-electron chi connectivity index (χ0n) is 6.65. The largest absolute Gasteiger partial charge is 1.00 e. The van der Waals surface area contributed by atoms with Gasteiger partial charge >= 0.3 is 57.6 Å². The van der Waals surface area contributed by atoms with Crippen molar-refractivity contribution in [2.75, 3.05) is 0 Å². The Hall–Kier alpha value is 0.376. The fourth-order valence-electron chi connectivity index (χ4n) is 0.722. The van der Waals surface area contributed by atoms with Gasteiger partial charge in [-0.3, -0.25) is 0 Å². The van der Waals surface area contributed by atoms with Crippen LogP contribution < -0.4 is 56.5 Å². The van der Waals surface area contributed by atoms with Crippen LogP contribution in [0.1, 0.15) is 5.56 Å². The number of benzene rings is 1. The minimum absolute atomic E-state index is 0. The molecule has 1 nitrogen and oxygen atoms in total. The summed E-state index contributed by atoms with van der Waals surface area (Å²) in [6, 6.07) is 1.48. The van der Waals surface area contributed by atoms with E-state index in [1.165, 1.54) is 0 Å². The molecule has 0 saturated heterocycles. The summed E-state index contributed by atoms with van der Waals surface area (Å²) in [4.78, 5) is 0. The van der Waals surface area contributed by atoms with E-state index in [1.54, 1.807) is 0 Å². The molecule has 0 aliphatic rings. The van der Waals surface area contributed by atoms with Crippen molar-refractivity contribution in [1.82, 2.24) is 0 Å². The summed E-state index contributed by atoms with van der Waals surface area (Å²) in [6.45, 7) is 0. The van der Waals surface area contributed by atoms with Crippen molar-refractivity contribution in [1.29, 1.82) is 0 Å². The SMILES string of the molecule is [K+].[O-]c1ccc(F)c(C(F)(F)F)c1. The molecule has 1 aromatic carbocycles. The molecule has 66 valence electrons. The van der Waals surface area contributed by atoms with E-state index in [0.29, 0.717) is 6.07 Å². The predicted octanol–water partition coefficient (Wildman–Crippen LogP) is -1.08. The van der Waals surface area contributed by atoms with Crippen LogP contribution in [0.3, 0.4) is 0 Å². The van der Waals surface area contributed by atoms with Crippen molar-refractivity contribution in [3.05, 3.63) is 29.6 Å². The summed E-state index contributed by atoms with van der Waals surface area (Å²) in [5, 5.41) is 10.4. The van der Waals surface area contributed by atoms with Crippen LogP contribution >= 0.6 is 0 Å². The fourth-order valence-corrected chi connectivity index (χ4v) is 0.722. The van der Waals surface area contributed by atoms with Gasteiger partial charge in [-0.05, 0) is 6.07 Å². The number of alkyl halides is 3. The number of hydrogen-bond donors (Lipinski definition) is 0. The normalized spacial score (nSPS) is 10.8. The van der Waals surface area contributed by atoms with Crippen LogP contribution in [0.15, 0.2) is 18.2 Å². The smallest absolute Gasteiger partial charge is 0.872 e. The zero-order valence-corrected chi connectivity index (χ0v) is 9.78. The maximum absolute atomic E-state index is 12.4. The Morgan fingerprint density at radius 1 is 1.15 bits per heavy atom. The van der Waals surface area contributed by atoms with Crippen molar-refractivity contribution in [3.63, 3.8) is 0 Å². The number of hydrogen-bond acceptors (Lipinski definition) is 1. The Balaban J connectivity index is 0.00000144. The summed E-state index contributed by atoms with van der Waals surface area (Å²) in [6.07, 6.45) is -4.80. The predicted molar refractivity (Wildman–Crippen MR) is 30.8 cm³/mol. The molecular weight excluding hydrogens is 215 g/mol. The van der Waals surface area contributed by atoms with Gasteiger partial charge < -0.3 is 5.11 Å². The Morgan fingerprint density at radius 3 is 2.08 bits per heavy atom. The van der Waals surface area contributed by atoms with Gasteiger partial charge in [-0.15, -0.1) is 5.75 Å². The minimum Gasteiger partial charge on any atom is -0.872 e. The Morgan fingerprint density at radius 2 is 1.69 bits per heavy atom. The third-order valence-electron chi connectivity index (χ3n) is 1.24. The van der Waals surface area contributed by atoms with Crippen LogP contribution in [-0.2, 0) is 6.18 Å². The van der Waals surface area contributed by atoms with Gasteiger partial charge in [0.05, 0.1) is 5.56 Å². The first kappa shape index (κ1) is 13.4. The third kappa shape index (κ3) is 3.55. The molecular formula is C7H3F4KO. The van der Waals surface area contributed by atoms with Gasteiger partial charge in [0.1, 0.15) is 5.82 Å². The molecule has 1 rings (SSSR count). The summed E-state index contributed by atoms with van der Waals surface area (Å²) in [7, 11) is 0. The summed E-state index contributed by atoms with van der Waals surface area (Å²) < 4.78 is 48.0. The van der Waals surface area contributed by atoms with E-state index in [0.717, 1.165) is 6.07 Å². The molecule has 0 aromatic heterocycles. The molecule has 0 unspecified atom stereocenters. The van der Waals surface area contributed by atoms with Crippen LogP contribution in [0.4, 0.5) is 17.6 Å². The van der Waals surface area contributed by atoms with Crippen molar-refractivity contribution in [3.8, 4) is 5.75 Å². The van der Waals surface area contributed by atoms with E-state index < -0.39 is 23.3 Å². The first-order valence-electron chi connectivity index (χ1n) is 2.95. The van der Waals surface area contributed by atoms with Gasteiger partial charge in [-0.2, -0.15) is 13.2 Å². The average Bonchev–Trinajstić information content (AvgIpc) is 1.92. The maximum atomic E-state index is 12.4. The van der Waals surface area contributed by atoms with Crippen molar-refractivity contribution in [2.45, 2.75) is 6.18 Å². The third-order valence-corrected chi connectivity index (χ3v) is 1.24. The Kier molecular flexibility index (Phi) is 4.88. The van der Waals surface area contributed by atoms with Crippen molar-refractivity contribution < 1.29 is 74.1 Å². The molecule has 13 heavy (non-hydrogen) atoms. The molecule has 0 atom stereocenters. The maximum Gasteiger partial charge on any atom is 1.00 e.